The molecule has 212 valence electrons. The van der Waals surface area contributed by atoms with Crippen LogP contribution >= 0.6 is 0 Å². The van der Waals surface area contributed by atoms with E-state index < -0.39 is 0 Å². The Balaban J connectivity index is 1.74. The fourth-order valence-electron chi connectivity index (χ4n) is 6.25. The molecular weight excluding hydrogens is 470 g/mol. The molecule has 1 heterocycles. The van der Waals surface area contributed by atoms with Crippen molar-refractivity contribution >= 4 is 11.5 Å². The predicted molar refractivity (Wildman–Crippen MR) is 160 cm³/mol. The lowest BCUT2D eigenvalue weighted by Gasteiger charge is -2.43. The number of hydrogen-bond donors (Lipinski definition) is 2. The van der Waals surface area contributed by atoms with E-state index in [0.717, 1.165) is 77.8 Å². The van der Waals surface area contributed by atoms with Gasteiger partial charge in [-0.2, -0.15) is 0 Å². The van der Waals surface area contributed by atoms with Gasteiger partial charge in [-0.1, -0.05) is 67.8 Å². The maximum Gasteiger partial charge on any atom is 0.220 e. The SMILES string of the molecule is C/C=C\C(CO)[C@H](C)N1CCN(CC2=C(c3ccc(C)cc3)CC[C@@](CC)(CNC(=O)CCCC)C2)CC1. The molecule has 1 fully saturated rings. The molecule has 1 aromatic carbocycles. The molecule has 1 aromatic rings. The number of unbranched alkanes of at least 4 members (excludes halogenated alkanes) is 1. The molecule has 3 rings (SSSR count). The lowest BCUT2D eigenvalue weighted by Crippen LogP contribution is -2.52. The van der Waals surface area contributed by atoms with Gasteiger partial charge >= 0.3 is 0 Å². The summed E-state index contributed by atoms with van der Waals surface area (Å²) in [5, 5.41) is 13.2. The Bertz CT molecular complexity index is 930. The second-order valence-corrected chi connectivity index (χ2v) is 11.8. The van der Waals surface area contributed by atoms with Crippen molar-refractivity contribution in [1.82, 2.24) is 15.1 Å². The van der Waals surface area contributed by atoms with Gasteiger partial charge < -0.3 is 10.4 Å². The van der Waals surface area contributed by atoms with E-state index in [1.54, 1.807) is 5.57 Å². The molecule has 0 spiro atoms. The number of nitrogens with one attached hydrogen (secondary N) is 1. The van der Waals surface area contributed by atoms with Crippen molar-refractivity contribution in [2.45, 2.75) is 85.6 Å². The zero-order chi connectivity index (χ0) is 27.5. The van der Waals surface area contributed by atoms with E-state index >= 15 is 0 Å². The number of amides is 1. The first-order chi connectivity index (χ1) is 18.3. The van der Waals surface area contributed by atoms with Crippen LogP contribution in [0.1, 0.15) is 83.8 Å². The molecule has 5 nitrogen and oxygen atoms in total. The smallest absolute Gasteiger partial charge is 0.220 e. The van der Waals surface area contributed by atoms with Gasteiger partial charge in [0.2, 0.25) is 5.91 Å². The molecule has 0 bridgehead atoms. The lowest BCUT2D eigenvalue weighted by molar-refractivity contribution is -0.121. The van der Waals surface area contributed by atoms with Gasteiger partial charge in [0, 0.05) is 57.6 Å². The van der Waals surface area contributed by atoms with Crippen LogP contribution in [-0.4, -0.2) is 72.7 Å². The van der Waals surface area contributed by atoms with Gasteiger partial charge in [-0.05, 0) is 69.4 Å². The minimum Gasteiger partial charge on any atom is -0.396 e. The van der Waals surface area contributed by atoms with E-state index in [-0.39, 0.29) is 23.8 Å². The maximum absolute atomic E-state index is 12.5. The quantitative estimate of drug-likeness (QED) is 0.320. The van der Waals surface area contributed by atoms with Crippen LogP contribution in [0.3, 0.4) is 0 Å². The molecular formula is C33H53N3O2. The molecule has 1 amide bonds. The van der Waals surface area contributed by atoms with E-state index in [2.05, 4.69) is 79.2 Å². The largest absolute Gasteiger partial charge is 0.396 e. The highest BCUT2D eigenvalue weighted by molar-refractivity contribution is 5.76. The molecule has 0 radical (unpaired) electrons. The standard InChI is InChI=1S/C33H53N3O2/c1-6-9-11-32(38)34-25-33(8-3)17-16-31(28-14-12-26(4)13-15-28)30(22-33)23-35-18-20-36(21-19-35)27(5)29(24-37)10-7-2/h7,10,12-15,27,29,37H,6,8-9,11,16-25H2,1-5H3,(H,34,38)/b10-7-/t27-,29?,33+/m0/s1. The summed E-state index contributed by atoms with van der Waals surface area (Å²) in [6.45, 7) is 17.0. The average molecular weight is 524 g/mol. The van der Waals surface area contributed by atoms with Crippen LogP contribution < -0.4 is 5.32 Å². The Morgan fingerprint density at radius 1 is 1.16 bits per heavy atom. The van der Waals surface area contributed by atoms with Gasteiger partial charge in [0.05, 0.1) is 6.61 Å². The van der Waals surface area contributed by atoms with Crippen molar-refractivity contribution in [2.75, 3.05) is 45.9 Å². The van der Waals surface area contributed by atoms with Gasteiger partial charge in [0.15, 0.2) is 0 Å². The molecule has 0 aromatic heterocycles. The third-order valence-electron chi connectivity index (χ3n) is 9.16. The van der Waals surface area contributed by atoms with Crippen molar-refractivity contribution in [3.8, 4) is 0 Å². The molecule has 3 atom stereocenters. The summed E-state index contributed by atoms with van der Waals surface area (Å²) in [5.74, 6) is 0.400. The predicted octanol–water partition coefficient (Wildman–Crippen LogP) is 5.83. The van der Waals surface area contributed by atoms with Crippen LogP contribution in [0.25, 0.3) is 5.57 Å². The number of hydrogen-bond acceptors (Lipinski definition) is 4. The summed E-state index contributed by atoms with van der Waals surface area (Å²) in [4.78, 5) is 17.6. The van der Waals surface area contributed by atoms with Crippen molar-refractivity contribution in [1.29, 1.82) is 0 Å². The summed E-state index contributed by atoms with van der Waals surface area (Å²) in [5.41, 5.74) is 5.90. The summed E-state index contributed by atoms with van der Waals surface area (Å²) >= 11 is 0. The minimum absolute atomic E-state index is 0.141. The Morgan fingerprint density at radius 3 is 2.47 bits per heavy atom. The molecule has 1 unspecified atom stereocenters. The highest BCUT2D eigenvalue weighted by atomic mass is 16.3. The monoisotopic (exact) mass is 523 g/mol. The Hall–Kier alpha value is -1.95. The third-order valence-corrected chi connectivity index (χ3v) is 9.16. The summed E-state index contributed by atoms with van der Waals surface area (Å²) in [6.07, 6.45) is 11.2. The third kappa shape index (κ3) is 8.27. The minimum atomic E-state index is 0.141. The normalized spacial score (nSPS) is 23.1. The molecule has 0 saturated carbocycles. The van der Waals surface area contributed by atoms with Gasteiger partial charge in [0.25, 0.3) is 0 Å². The summed E-state index contributed by atoms with van der Waals surface area (Å²) < 4.78 is 0. The molecule has 1 saturated heterocycles. The Labute approximate surface area is 232 Å². The average Bonchev–Trinajstić information content (AvgIpc) is 2.94. The van der Waals surface area contributed by atoms with Crippen LogP contribution in [0.2, 0.25) is 0 Å². The number of carbonyl (C=O) groups excluding carboxylic acids is 1. The molecule has 5 heteroatoms. The molecule has 1 aliphatic heterocycles. The molecule has 2 N–H and O–H groups in total. The van der Waals surface area contributed by atoms with Gasteiger partial charge in [-0.15, -0.1) is 0 Å². The van der Waals surface area contributed by atoms with Crippen LogP contribution in [0.4, 0.5) is 0 Å². The number of aliphatic hydroxyl groups excluding tert-OH is 1. The maximum atomic E-state index is 12.5. The van der Waals surface area contributed by atoms with Crippen molar-refractivity contribution < 1.29 is 9.90 Å². The first kappa shape index (κ1) is 30.6. The van der Waals surface area contributed by atoms with E-state index in [9.17, 15) is 9.90 Å². The lowest BCUT2D eigenvalue weighted by atomic mass is 9.68. The van der Waals surface area contributed by atoms with Crippen LogP contribution in [0.5, 0.6) is 0 Å². The first-order valence-corrected chi connectivity index (χ1v) is 15.1. The zero-order valence-electron chi connectivity index (χ0n) is 24.8. The second-order valence-electron chi connectivity index (χ2n) is 11.8. The second kappa shape index (κ2) is 15.0. The number of piperazine rings is 1. The summed E-state index contributed by atoms with van der Waals surface area (Å²) in [7, 11) is 0. The number of allylic oxidation sites excluding steroid dienone is 2. The fourth-order valence-corrected chi connectivity index (χ4v) is 6.25. The van der Waals surface area contributed by atoms with Crippen LogP contribution in [0.15, 0.2) is 42.0 Å². The topological polar surface area (TPSA) is 55.8 Å². The number of carbonyl (C=O) groups is 1. The molecule has 1 aliphatic carbocycles. The molecule has 38 heavy (non-hydrogen) atoms. The van der Waals surface area contributed by atoms with E-state index in [1.165, 1.54) is 16.7 Å². The van der Waals surface area contributed by atoms with Crippen molar-refractivity contribution in [3.63, 3.8) is 0 Å². The van der Waals surface area contributed by atoms with Gasteiger partial charge in [-0.25, -0.2) is 0 Å². The highest BCUT2D eigenvalue weighted by Crippen LogP contribution is 2.45. The Kier molecular flexibility index (Phi) is 12.1. The zero-order valence-corrected chi connectivity index (χ0v) is 24.8. The highest BCUT2D eigenvalue weighted by Gasteiger charge is 2.36. The molecule has 2 aliphatic rings. The van der Waals surface area contributed by atoms with Crippen molar-refractivity contribution in [3.05, 3.63) is 53.1 Å². The van der Waals surface area contributed by atoms with E-state index in [4.69, 9.17) is 0 Å². The number of benzene rings is 1. The number of aliphatic hydroxyl groups is 1. The van der Waals surface area contributed by atoms with Crippen LogP contribution in [0, 0.1) is 18.3 Å². The van der Waals surface area contributed by atoms with Crippen molar-refractivity contribution in [2.24, 2.45) is 11.3 Å². The van der Waals surface area contributed by atoms with Crippen LogP contribution in [-0.2, 0) is 4.79 Å². The van der Waals surface area contributed by atoms with E-state index in [0.29, 0.717) is 12.5 Å². The fraction of sp³-hybridized carbons (Fsp3) is 0.667. The van der Waals surface area contributed by atoms with Gasteiger partial charge in [-0.3, -0.25) is 14.6 Å². The summed E-state index contributed by atoms with van der Waals surface area (Å²) in [6, 6.07) is 9.41. The number of aryl methyl sites for hydroxylation is 1. The van der Waals surface area contributed by atoms with E-state index in [1.807, 2.05) is 6.92 Å². The van der Waals surface area contributed by atoms with Gasteiger partial charge in [0.1, 0.15) is 0 Å². The number of rotatable bonds is 13. The first-order valence-electron chi connectivity index (χ1n) is 15.1. The Morgan fingerprint density at radius 2 is 1.87 bits per heavy atom. The number of nitrogens with zero attached hydrogens (tertiary/aromatic N) is 2.